The van der Waals surface area contributed by atoms with Gasteiger partial charge in [0.25, 0.3) is 0 Å². The summed E-state index contributed by atoms with van der Waals surface area (Å²) in [5.74, 6) is 0.0569. The lowest BCUT2D eigenvalue weighted by molar-refractivity contribution is 0.187. The summed E-state index contributed by atoms with van der Waals surface area (Å²) >= 11 is 0. The van der Waals surface area contributed by atoms with Crippen LogP contribution in [0, 0.1) is 0 Å². The summed E-state index contributed by atoms with van der Waals surface area (Å²) in [6.45, 7) is 4.28. The van der Waals surface area contributed by atoms with Gasteiger partial charge in [-0.1, -0.05) is 18.0 Å². The van der Waals surface area contributed by atoms with Crippen LogP contribution in [0.4, 0.5) is 5.69 Å². The Morgan fingerprint density at radius 3 is 2.62 bits per heavy atom. The van der Waals surface area contributed by atoms with E-state index in [1.54, 1.807) is 6.20 Å². The van der Waals surface area contributed by atoms with Crippen LogP contribution in [0.2, 0.25) is 0 Å². The van der Waals surface area contributed by atoms with E-state index in [4.69, 9.17) is 10.9 Å². The van der Waals surface area contributed by atoms with Crippen molar-refractivity contribution in [3.8, 4) is 0 Å². The number of hydrogen-bond acceptors (Lipinski definition) is 5. The van der Waals surface area contributed by atoms with Gasteiger partial charge in [0.15, 0.2) is 5.84 Å². The molecule has 3 N–H and O–H groups in total. The second-order valence-electron chi connectivity index (χ2n) is 5.85. The first kappa shape index (κ1) is 14.1. The van der Waals surface area contributed by atoms with Gasteiger partial charge in [-0.3, -0.25) is 9.88 Å². The lowest BCUT2D eigenvalue weighted by Gasteiger charge is -2.39. The summed E-state index contributed by atoms with van der Waals surface area (Å²) in [6.07, 6.45) is 7.22. The van der Waals surface area contributed by atoms with Crippen molar-refractivity contribution in [1.82, 2.24) is 9.88 Å². The molecule has 0 radical (unpaired) electrons. The fraction of sp³-hybridized carbons (Fsp3) is 0.600. The average molecular weight is 289 g/mol. The quantitative estimate of drug-likeness (QED) is 0.379. The Labute approximate surface area is 125 Å². The summed E-state index contributed by atoms with van der Waals surface area (Å²) < 4.78 is 0. The second-order valence-corrected chi connectivity index (χ2v) is 5.85. The van der Waals surface area contributed by atoms with Gasteiger partial charge in [0.05, 0.1) is 0 Å². The van der Waals surface area contributed by atoms with Gasteiger partial charge in [0.1, 0.15) is 5.69 Å². The van der Waals surface area contributed by atoms with Gasteiger partial charge in [-0.25, -0.2) is 0 Å². The highest BCUT2D eigenvalue weighted by Gasteiger charge is 2.26. The maximum absolute atomic E-state index is 8.75. The molecule has 0 aromatic carbocycles. The van der Waals surface area contributed by atoms with Crippen molar-refractivity contribution in [2.24, 2.45) is 10.9 Å². The van der Waals surface area contributed by atoms with Gasteiger partial charge in [0, 0.05) is 44.1 Å². The Balaban J connectivity index is 1.64. The molecule has 6 heteroatoms. The molecule has 0 atom stereocenters. The molecule has 114 valence electrons. The van der Waals surface area contributed by atoms with E-state index in [1.165, 1.54) is 25.7 Å². The Morgan fingerprint density at radius 2 is 1.95 bits per heavy atom. The highest BCUT2D eigenvalue weighted by molar-refractivity contribution is 5.95. The molecule has 1 saturated heterocycles. The SMILES string of the molecule is NC(=NO)c1cc(N2CCN(C3CCCC3)CC2)ccn1. The van der Waals surface area contributed by atoms with Gasteiger partial charge < -0.3 is 15.8 Å². The molecule has 0 unspecified atom stereocenters. The monoisotopic (exact) mass is 289 g/mol. The molecular formula is C15H23N5O. The summed E-state index contributed by atoms with van der Waals surface area (Å²) in [6, 6.07) is 4.68. The average Bonchev–Trinajstić information content (AvgIpc) is 3.09. The molecule has 1 aliphatic carbocycles. The number of aromatic nitrogens is 1. The minimum Gasteiger partial charge on any atom is -0.409 e. The highest BCUT2D eigenvalue weighted by Crippen LogP contribution is 2.25. The van der Waals surface area contributed by atoms with E-state index in [1.807, 2.05) is 12.1 Å². The number of hydrogen-bond donors (Lipinski definition) is 2. The zero-order valence-corrected chi connectivity index (χ0v) is 12.3. The third-order valence-electron chi connectivity index (χ3n) is 4.63. The van der Waals surface area contributed by atoms with Gasteiger partial charge in [0.2, 0.25) is 0 Å². The minimum absolute atomic E-state index is 0.0569. The van der Waals surface area contributed by atoms with Crippen molar-refractivity contribution >= 4 is 11.5 Å². The standard InChI is InChI=1S/C15H23N5O/c16-15(18-21)14-11-13(5-6-17-14)20-9-7-19(8-10-20)12-3-1-2-4-12/h5-6,11-12,21H,1-4,7-10H2,(H2,16,18). The Bertz CT molecular complexity index is 505. The zero-order chi connectivity index (χ0) is 14.7. The van der Waals surface area contributed by atoms with Crippen LogP contribution in [0.1, 0.15) is 31.4 Å². The molecule has 21 heavy (non-hydrogen) atoms. The van der Waals surface area contributed by atoms with Crippen LogP contribution in [-0.2, 0) is 0 Å². The maximum atomic E-state index is 8.75. The first-order valence-electron chi connectivity index (χ1n) is 7.71. The Hall–Kier alpha value is -1.82. The van der Waals surface area contributed by atoms with E-state index >= 15 is 0 Å². The first-order chi connectivity index (χ1) is 10.3. The fourth-order valence-corrected chi connectivity index (χ4v) is 3.42. The Morgan fingerprint density at radius 1 is 1.24 bits per heavy atom. The van der Waals surface area contributed by atoms with Crippen LogP contribution in [0.3, 0.4) is 0 Å². The topological polar surface area (TPSA) is 78.0 Å². The van der Waals surface area contributed by atoms with E-state index in [0.717, 1.165) is 37.9 Å². The van der Waals surface area contributed by atoms with E-state index in [2.05, 4.69) is 19.9 Å². The van der Waals surface area contributed by atoms with Crippen molar-refractivity contribution in [2.45, 2.75) is 31.7 Å². The molecule has 3 rings (SSSR count). The number of amidine groups is 1. The van der Waals surface area contributed by atoms with Crippen LogP contribution in [0.15, 0.2) is 23.5 Å². The molecule has 2 heterocycles. The smallest absolute Gasteiger partial charge is 0.188 e. The van der Waals surface area contributed by atoms with Crippen molar-refractivity contribution in [3.63, 3.8) is 0 Å². The molecule has 1 aliphatic heterocycles. The number of nitrogens with zero attached hydrogens (tertiary/aromatic N) is 4. The van der Waals surface area contributed by atoms with Crippen LogP contribution in [0.25, 0.3) is 0 Å². The summed E-state index contributed by atoms with van der Waals surface area (Å²) in [7, 11) is 0. The molecule has 1 aromatic heterocycles. The predicted octanol–water partition coefficient (Wildman–Crippen LogP) is 1.24. The molecule has 0 amide bonds. The molecule has 0 bridgehead atoms. The largest absolute Gasteiger partial charge is 0.409 e. The maximum Gasteiger partial charge on any atom is 0.188 e. The first-order valence-corrected chi connectivity index (χ1v) is 7.71. The van der Waals surface area contributed by atoms with Crippen LogP contribution >= 0.6 is 0 Å². The van der Waals surface area contributed by atoms with E-state index in [0.29, 0.717) is 5.69 Å². The molecule has 1 aromatic rings. The lowest BCUT2D eigenvalue weighted by atomic mass is 10.1. The van der Waals surface area contributed by atoms with E-state index < -0.39 is 0 Å². The van der Waals surface area contributed by atoms with Crippen LogP contribution in [0.5, 0.6) is 0 Å². The molecule has 2 aliphatic rings. The van der Waals surface area contributed by atoms with Gasteiger partial charge in [-0.2, -0.15) is 0 Å². The van der Waals surface area contributed by atoms with E-state index in [-0.39, 0.29) is 5.84 Å². The second kappa shape index (κ2) is 6.30. The normalized spacial score (nSPS) is 21.9. The summed E-state index contributed by atoms with van der Waals surface area (Å²) in [5, 5.41) is 11.8. The van der Waals surface area contributed by atoms with Gasteiger partial charge in [-0.05, 0) is 25.0 Å². The van der Waals surface area contributed by atoms with Gasteiger partial charge >= 0.3 is 0 Å². The van der Waals surface area contributed by atoms with Crippen molar-refractivity contribution in [1.29, 1.82) is 0 Å². The zero-order valence-electron chi connectivity index (χ0n) is 12.3. The number of pyridine rings is 1. The molecule has 0 spiro atoms. The summed E-state index contributed by atoms with van der Waals surface area (Å²) in [5.41, 5.74) is 7.22. The number of nitrogens with two attached hydrogens (primary N) is 1. The van der Waals surface area contributed by atoms with Crippen LogP contribution < -0.4 is 10.6 Å². The molecular weight excluding hydrogens is 266 g/mol. The number of anilines is 1. The number of oxime groups is 1. The van der Waals surface area contributed by atoms with Gasteiger partial charge in [-0.15, -0.1) is 0 Å². The Kier molecular flexibility index (Phi) is 4.24. The van der Waals surface area contributed by atoms with Crippen LogP contribution in [-0.4, -0.2) is 53.1 Å². The number of piperazine rings is 1. The predicted molar refractivity (Wildman–Crippen MR) is 82.8 cm³/mol. The fourth-order valence-electron chi connectivity index (χ4n) is 3.42. The van der Waals surface area contributed by atoms with Crippen molar-refractivity contribution in [3.05, 3.63) is 24.0 Å². The summed E-state index contributed by atoms with van der Waals surface area (Å²) in [4.78, 5) is 9.11. The third kappa shape index (κ3) is 3.10. The molecule has 6 nitrogen and oxygen atoms in total. The molecule has 1 saturated carbocycles. The molecule has 2 fully saturated rings. The van der Waals surface area contributed by atoms with Crippen molar-refractivity contribution < 1.29 is 5.21 Å². The lowest BCUT2D eigenvalue weighted by Crippen LogP contribution is -2.49. The van der Waals surface area contributed by atoms with Crippen molar-refractivity contribution in [2.75, 3.05) is 31.1 Å². The minimum atomic E-state index is 0.0569. The van der Waals surface area contributed by atoms with E-state index in [9.17, 15) is 0 Å². The highest BCUT2D eigenvalue weighted by atomic mass is 16.4. The number of rotatable bonds is 3. The third-order valence-corrected chi connectivity index (χ3v) is 4.63.